The van der Waals surface area contributed by atoms with Crippen LogP contribution in [0.15, 0.2) is 23.0 Å². The van der Waals surface area contributed by atoms with E-state index in [9.17, 15) is 9.59 Å². The molecule has 1 aromatic carbocycles. The van der Waals surface area contributed by atoms with Crippen LogP contribution in [-0.4, -0.2) is 46.5 Å². The van der Waals surface area contributed by atoms with Gasteiger partial charge in [0.1, 0.15) is 5.82 Å². The van der Waals surface area contributed by atoms with Crippen molar-refractivity contribution in [1.29, 1.82) is 0 Å². The summed E-state index contributed by atoms with van der Waals surface area (Å²) in [6, 6.07) is 5.24. The van der Waals surface area contributed by atoms with Crippen LogP contribution in [0.5, 0.6) is 0 Å². The van der Waals surface area contributed by atoms with Crippen molar-refractivity contribution >= 4 is 16.8 Å². The van der Waals surface area contributed by atoms with Gasteiger partial charge in [0.2, 0.25) is 0 Å². The fraction of sp³-hybridized carbons (Fsp3) is 0.571. The lowest BCUT2D eigenvalue weighted by molar-refractivity contribution is 0.0951. The highest BCUT2D eigenvalue weighted by Gasteiger charge is 2.16. The van der Waals surface area contributed by atoms with Crippen molar-refractivity contribution in [3.05, 3.63) is 39.9 Å². The Kier molecular flexibility index (Phi) is 5.53. The first-order valence-corrected chi connectivity index (χ1v) is 10.3. The summed E-state index contributed by atoms with van der Waals surface area (Å²) in [4.78, 5) is 32.2. The Bertz CT molecular complexity index is 884. The highest BCUT2D eigenvalue weighted by atomic mass is 16.1. The molecule has 6 heteroatoms. The Morgan fingerprint density at radius 1 is 1.07 bits per heavy atom. The van der Waals surface area contributed by atoms with Gasteiger partial charge in [0.15, 0.2) is 0 Å². The predicted molar refractivity (Wildman–Crippen MR) is 106 cm³/mol. The Hall–Kier alpha value is -2.21. The molecule has 0 aliphatic carbocycles. The number of carbonyl (C=O) groups excluding carboxylic acids is 1. The third-order valence-corrected chi connectivity index (χ3v) is 5.71. The SMILES string of the molecule is O=C(NCCCN1CCCCC1)c1ccc2c(=O)n3c(nc2c1)CCCC3. The average molecular weight is 368 g/mol. The highest BCUT2D eigenvalue weighted by Crippen LogP contribution is 2.16. The van der Waals surface area contributed by atoms with Crippen LogP contribution in [-0.2, 0) is 13.0 Å². The van der Waals surface area contributed by atoms with Crippen LogP contribution in [0.25, 0.3) is 10.9 Å². The number of aromatic nitrogens is 2. The Labute approximate surface area is 159 Å². The van der Waals surface area contributed by atoms with E-state index in [-0.39, 0.29) is 11.5 Å². The standard InChI is InChI=1S/C21H28N4O2/c26-20(22-10-6-13-24-11-3-1-4-12-24)16-8-9-17-18(15-16)23-19-7-2-5-14-25(19)21(17)27/h8-9,15H,1-7,10-14H2,(H,22,26). The number of fused-ring (bicyclic) bond motifs is 2. The second-order valence-electron chi connectivity index (χ2n) is 7.69. The van der Waals surface area contributed by atoms with Crippen molar-refractivity contribution in [3.63, 3.8) is 0 Å². The molecule has 2 aliphatic heterocycles. The fourth-order valence-electron chi connectivity index (χ4n) is 4.17. The van der Waals surface area contributed by atoms with E-state index < -0.39 is 0 Å². The quantitative estimate of drug-likeness (QED) is 0.823. The van der Waals surface area contributed by atoms with Gasteiger partial charge >= 0.3 is 0 Å². The van der Waals surface area contributed by atoms with Gasteiger partial charge in [-0.25, -0.2) is 4.98 Å². The molecule has 2 aromatic rings. The largest absolute Gasteiger partial charge is 0.352 e. The van der Waals surface area contributed by atoms with E-state index in [1.165, 1.54) is 32.4 Å². The third kappa shape index (κ3) is 4.05. The van der Waals surface area contributed by atoms with Gasteiger partial charge in [-0.1, -0.05) is 6.42 Å². The maximum Gasteiger partial charge on any atom is 0.261 e. The summed E-state index contributed by atoms with van der Waals surface area (Å²) in [5, 5.41) is 3.60. The number of aryl methyl sites for hydroxylation is 1. The van der Waals surface area contributed by atoms with Gasteiger partial charge < -0.3 is 10.2 Å². The topological polar surface area (TPSA) is 67.2 Å². The molecule has 1 amide bonds. The van der Waals surface area contributed by atoms with Crippen LogP contribution < -0.4 is 10.9 Å². The molecule has 4 rings (SSSR count). The second kappa shape index (κ2) is 8.21. The van der Waals surface area contributed by atoms with Crippen molar-refractivity contribution in [2.75, 3.05) is 26.2 Å². The maximum atomic E-state index is 12.6. The van der Waals surface area contributed by atoms with Crippen molar-refractivity contribution in [2.45, 2.75) is 51.5 Å². The zero-order valence-electron chi connectivity index (χ0n) is 15.9. The number of piperidine rings is 1. The molecular formula is C21H28N4O2. The van der Waals surface area contributed by atoms with Crippen LogP contribution in [0.4, 0.5) is 0 Å². The Morgan fingerprint density at radius 2 is 1.89 bits per heavy atom. The number of hydrogen-bond donors (Lipinski definition) is 1. The monoisotopic (exact) mass is 368 g/mol. The van der Waals surface area contributed by atoms with Crippen LogP contribution in [0.3, 0.4) is 0 Å². The molecule has 0 bridgehead atoms. The molecule has 0 radical (unpaired) electrons. The molecule has 6 nitrogen and oxygen atoms in total. The summed E-state index contributed by atoms with van der Waals surface area (Å²) in [5.41, 5.74) is 1.23. The number of rotatable bonds is 5. The second-order valence-corrected chi connectivity index (χ2v) is 7.69. The van der Waals surface area contributed by atoms with Crippen molar-refractivity contribution in [2.24, 2.45) is 0 Å². The molecule has 2 aliphatic rings. The fourth-order valence-corrected chi connectivity index (χ4v) is 4.17. The minimum Gasteiger partial charge on any atom is -0.352 e. The lowest BCUT2D eigenvalue weighted by atomic mass is 10.1. The summed E-state index contributed by atoms with van der Waals surface area (Å²) in [6.45, 7) is 4.83. The first-order chi connectivity index (χ1) is 13.2. The van der Waals surface area contributed by atoms with E-state index in [1.54, 1.807) is 22.8 Å². The predicted octanol–water partition coefficient (Wildman–Crippen LogP) is 2.34. The van der Waals surface area contributed by atoms with Crippen LogP contribution >= 0.6 is 0 Å². The van der Waals surface area contributed by atoms with Gasteiger partial charge in [0.05, 0.1) is 10.9 Å². The van der Waals surface area contributed by atoms with Crippen molar-refractivity contribution in [1.82, 2.24) is 19.8 Å². The molecule has 27 heavy (non-hydrogen) atoms. The van der Waals surface area contributed by atoms with E-state index in [2.05, 4.69) is 15.2 Å². The van der Waals surface area contributed by atoms with Crippen molar-refractivity contribution in [3.8, 4) is 0 Å². The molecule has 1 N–H and O–H groups in total. The summed E-state index contributed by atoms with van der Waals surface area (Å²) < 4.78 is 1.78. The third-order valence-electron chi connectivity index (χ3n) is 5.71. The van der Waals surface area contributed by atoms with Gasteiger partial charge in [-0.15, -0.1) is 0 Å². The van der Waals surface area contributed by atoms with Crippen LogP contribution in [0.1, 0.15) is 54.7 Å². The number of amides is 1. The normalized spacial score (nSPS) is 17.6. The van der Waals surface area contributed by atoms with Gasteiger partial charge in [0.25, 0.3) is 11.5 Å². The van der Waals surface area contributed by atoms with Crippen LogP contribution in [0, 0.1) is 0 Å². The molecule has 3 heterocycles. The summed E-state index contributed by atoms with van der Waals surface area (Å²) in [6.07, 6.45) is 7.81. The molecule has 0 spiro atoms. The van der Waals surface area contributed by atoms with E-state index in [0.29, 0.717) is 23.0 Å². The highest BCUT2D eigenvalue weighted by molar-refractivity contribution is 5.97. The average Bonchev–Trinajstić information content (AvgIpc) is 2.71. The molecule has 144 valence electrons. The number of nitrogens with zero attached hydrogens (tertiary/aromatic N) is 3. The number of carbonyl (C=O) groups is 1. The summed E-state index contributed by atoms with van der Waals surface area (Å²) in [7, 11) is 0. The van der Waals surface area contributed by atoms with E-state index >= 15 is 0 Å². The molecule has 1 fully saturated rings. The summed E-state index contributed by atoms with van der Waals surface area (Å²) in [5.74, 6) is 0.757. The first-order valence-electron chi connectivity index (χ1n) is 10.3. The summed E-state index contributed by atoms with van der Waals surface area (Å²) >= 11 is 0. The van der Waals surface area contributed by atoms with Gasteiger partial charge in [-0.3, -0.25) is 14.2 Å². The lowest BCUT2D eigenvalue weighted by Crippen LogP contribution is -2.33. The molecule has 1 aromatic heterocycles. The van der Waals surface area contributed by atoms with Crippen molar-refractivity contribution < 1.29 is 4.79 Å². The van der Waals surface area contributed by atoms with Crippen LogP contribution in [0.2, 0.25) is 0 Å². The molecular weight excluding hydrogens is 340 g/mol. The van der Waals surface area contributed by atoms with Gasteiger partial charge in [-0.2, -0.15) is 0 Å². The Balaban J connectivity index is 1.40. The molecule has 0 atom stereocenters. The Morgan fingerprint density at radius 3 is 2.74 bits per heavy atom. The van der Waals surface area contributed by atoms with Gasteiger partial charge in [0, 0.05) is 25.1 Å². The smallest absolute Gasteiger partial charge is 0.261 e. The van der Waals surface area contributed by atoms with E-state index in [4.69, 9.17) is 0 Å². The number of nitrogens with one attached hydrogen (secondary N) is 1. The van der Waals surface area contributed by atoms with E-state index in [1.807, 2.05) is 0 Å². The van der Waals surface area contributed by atoms with Gasteiger partial charge in [-0.05, 0) is 69.9 Å². The minimum absolute atomic E-state index is 0.0168. The first kappa shape index (κ1) is 18.2. The maximum absolute atomic E-state index is 12.6. The molecule has 0 unspecified atom stereocenters. The molecule has 1 saturated heterocycles. The zero-order chi connectivity index (χ0) is 18.6. The zero-order valence-corrected chi connectivity index (χ0v) is 15.9. The number of likely N-dealkylation sites (tertiary alicyclic amines) is 1. The number of benzene rings is 1. The lowest BCUT2D eigenvalue weighted by Gasteiger charge is -2.26. The minimum atomic E-state index is -0.0878. The number of hydrogen-bond acceptors (Lipinski definition) is 4. The molecule has 0 saturated carbocycles. The van der Waals surface area contributed by atoms with E-state index in [0.717, 1.165) is 44.6 Å².